The number of Topliss-reactive ketones (excluding diaryl/α,β-unsaturated/α-hetero) is 2. The summed E-state index contributed by atoms with van der Waals surface area (Å²) in [5.41, 5.74) is 8.16. The molecule has 4 rings (SSSR count). The first-order chi connectivity index (χ1) is 15.1. The van der Waals surface area contributed by atoms with E-state index in [0.717, 1.165) is 44.8 Å². The van der Waals surface area contributed by atoms with Crippen LogP contribution in [0.4, 0.5) is 5.69 Å². The van der Waals surface area contributed by atoms with E-state index in [2.05, 4.69) is 26.2 Å². The van der Waals surface area contributed by atoms with Crippen LogP contribution in [0.3, 0.4) is 0 Å². The van der Waals surface area contributed by atoms with Crippen molar-refractivity contribution in [3.8, 4) is 0 Å². The van der Waals surface area contributed by atoms with E-state index in [1.54, 1.807) is 30.5 Å². The molecule has 164 valence electrons. The number of nitrogens with zero attached hydrogens (tertiary/aromatic N) is 3. The van der Waals surface area contributed by atoms with Crippen molar-refractivity contribution in [3.05, 3.63) is 71.3 Å². The number of benzene rings is 1. The van der Waals surface area contributed by atoms with E-state index in [4.69, 9.17) is 5.73 Å². The van der Waals surface area contributed by atoms with E-state index in [9.17, 15) is 9.59 Å². The minimum atomic E-state index is -0.283. The number of carbonyl (C=O) groups excluding carboxylic acids is 2. The summed E-state index contributed by atoms with van der Waals surface area (Å²) >= 11 is 0. The second-order valence-electron chi connectivity index (χ2n) is 7.31. The summed E-state index contributed by atoms with van der Waals surface area (Å²) in [6, 6.07) is 10.9. The Kier molecular flexibility index (Phi) is 7.78. The quantitative estimate of drug-likeness (QED) is 0.692. The van der Waals surface area contributed by atoms with Crippen LogP contribution in [-0.2, 0) is 0 Å². The molecule has 1 saturated heterocycles. The highest BCUT2D eigenvalue weighted by atomic mass is 16.1. The maximum Gasteiger partial charge on any atom is 0.211 e. The average molecular weight is 422 g/mol. The van der Waals surface area contributed by atoms with Crippen LogP contribution >= 0.6 is 0 Å². The Morgan fingerprint density at radius 3 is 2.29 bits per heavy atom. The molecule has 1 fully saturated rings. The number of nitrogens with one attached hydrogen (secondary N) is 1. The van der Waals surface area contributed by atoms with Crippen LogP contribution < -0.4 is 16.0 Å². The minimum absolute atomic E-state index is 0.0128. The first kappa shape index (κ1) is 22.5. The molecular formula is C24H31N5O2. The molecule has 0 spiro atoms. The maximum absolute atomic E-state index is 12.7. The lowest BCUT2D eigenvalue weighted by atomic mass is 9.90. The van der Waals surface area contributed by atoms with E-state index < -0.39 is 0 Å². The molecule has 0 saturated carbocycles. The summed E-state index contributed by atoms with van der Waals surface area (Å²) in [5.74, 6) is -0.489. The van der Waals surface area contributed by atoms with Gasteiger partial charge in [-0.2, -0.15) is 0 Å². The number of rotatable bonds is 6. The summed E-state index contributed by atoms with van der Waals surface area (Å²) in [6.07, 6.45) is 4.56. The largest absolute Gasteiger partial charge is 0.394 e. The number of fused-ring (bicyclic) bond motifs is 1. The molecule has 7 heteroatoms. The molecular weight excluding hydrogens is 390 g/mol. The van der Waals surface area contributed by atoms with Gasteiger partial charge in [0.15, 0.2) is 0 Å². The number of hydrogen-bond acceptors (Lipinski definition) is 7. The van der Waals surface area contributed by atoms with Gasteiger partial charge in [0.25, 0.3) is 0 Å². The number of nitrogens with two attached hydrogens (primary N) is 1. The zero-order valence-corrected chi connectivity index (χ0v) is 18.3. The number of piperazine rings is 1. The summed E-state index contributed by atoms with van der Waals surface area (Å²) in [4.78, 5) is 34.0. The van der Waals surface area contributed by atoms with Crippen LogP contribution in [0.5, 0.6) is 0 Å². The molecule has 0 radical (unpaired) electrons. The molecule has 1 aliphatic heterocycles. The van der Waals surface area contributed by atoms with Crippen LogP contribution in [0.1, 0.15) is 41.0 Å². The lowest BCUT2D eigenvalue weighted by Crippen LogP contribution is -2.47. The molecule has 1 aromatic carbocycles. The third-order valence-corrected chi connectivity index (χ3v) is 5.49. The van der Waals surface area contributed by atoms with Crippen molar-refractivity contribution in [1.29, 1.82) is 0 Å². The maximum atomic E-state index is 12.7. The molecule has 0 unspecified atom stereocenters. The fraction of sp³-hybridized carbons (Fsp3) is 0.375. The van der Waals surface area contributed by atoms with Crippen molar-refractivity contribution < 1.29 is 9.59 Å². The zero-order valence-electron chi connectivity index (χ0n) is 18.3. The van der Waals surface area contributed by atoms with Crippen molar-refractivity contribution in [1.82, 2.24) is 15.2 Å². The molecule has 1 aromatic heterocycles. The highest BCUT2D eigenvalue weighted by molar-refractivity contribution is 6.26. The second kappa shape index (κ2) is 10.7. The summed E-state index contributed by atoms with van der Waals surface area (Å²) in [7, 11) is 0. The van der Waals surface area contributed by atoms with Crippen molar-refractivity contribution in [2.75, 3.05) is 44.2 Å². The number of ketones is 2. The third kappa shape index (κ3) is 5.11. The Labute approximate surface area is 183 Å². The van der Waals surface area contributed by atoms with Gasteiger partial charge in [-0.1, -0.05) is 38.1 Å². The van der Waals surface area contributed by atoms with Gasteiger partial charge in [0.1, 0.15) is 11.4 Å². The molecule has 3 N–H and O–H groups in total. The van der Waals surface area contributed by atoms with Gasteiger partial charge < -0.3 is 16.0 Å². The Morgan fingerprint density at radius 1 is 0.968 bits per heavy atom. The predicted octanol–water partition coefficient (Wildman–Crippen LogP) is 2.46. The van der Waals surface area contributed by atoms with Gasteiger partial charge >= 0.3 is 0 Å². The van der Waals surface area contributed by atoms with Crippen LogP contribution in [0.25, 0.3) is 0 Å². The Hall–Kier alpha value is -3.19. The molecule has 7 nitrogen and oxygen atoms in total. The van der Waals surface area contributed by atoms with E-state index in [1.165, 1.54) is 0 Å². The summed E-state index contributed by atoms with van der Waals surface area (Å²) < 4.78 is 0. The van der Waals surface area contributed by atoms with Crippen LogP contribution in [-0.4, -0.2) is 60.7 Å². The van der Waals surface area contributed by atoms with E-state index in [0.29, 0.717) is 17.7 Å². The topological polar surface area (TPSA) is 91.6 Å². The normalized spacial score (nSPS) is 16.5. The van der Waals surface area contributed by atoms with E-state index in [1.807, 2.05) is 26.1 Å². The molecule has 2 aromatic rings. The monoisotopic (exact) mass is 421 g/mol. The Balaban J connectivity index is 0.00000132. The summed E-state index contributed by atoms with van der Waals surface area (Å²) in [6.45, 7) is 9.46. The average Bonchev–Trinajstić information content (AvgIpc) is 2.84. The van der Waals surface area contributed by atoms with Gasteiger partial charge in [-0.25, -0.2) is 0 Å². The van der Waals surface area contributed by atoms with Crippen molar-refractivity contribution >= 4 is 17.3 Å². The van der Waals surface area contributed by atoms with Gasteiger partial charge in [0, 0.05) is 50.0 Å². The fourth-order valence-corrected chi connectivity index (χ4v) is 3.86. The highest BCUT2D eigenvalue weighted by Gasteiger charge is 2.30. The van der Waals surface area contributed by atoms with Gasteiger partial charge in [-0.3, -0.25) is 19.5 Å². The van der Waals surface area contributed by atoms with E-state index in [-0.39, 0.29) is 23.0 Å². The Morgan fingerprint density at radius 2 is 1.65 bits per heavy atom. The molecule has 1 aliphatic carbocycles. The van der Waals surface area contributed by atoms with Crippen molar-refractivity contribution in [2.24, 2.45) is 5.73 Å². The first-order valence-electron chi connectivity index (χ1n) is 10.9. The predicted molar refractivity (Wildman–Crippen MR) is 123 cm³/mol. The first-order valence-corrected chi connectivity index (χ1v) is 10.9. The Bertz CT molecular complexity index is 934. The van der Waals surface area contributed by atoms with Gasteiger partial charge in [-0.15, -0.1) is 0 Å². The number of pyridine rings is 1. The smallest absolute Gasteiger partial charge is 0.211 e. The molecule has 0 atom stereocenters. The fourth-order valence-electron chi connectivity index (χ4n) is 3.86. The lowest BCUT2D eigenvalue weighted by Gasteiger charge is -2.36. The van der Waals surface area contributed by atoms with Crippen LogP contribution in [0.2, 0.25) is 0 Å². The number of carbonyl (C=O) groups is 2. The standard InChI is InChI=1S/C22H25N5O2.C2H6/c23-19-20(22(29)18-7-2-1-6-17(18)21(19)28)25-9-4-10-26-11-13-27(14-12-26)16-5-3-8-24-15-16;1-2/h1-3,5-8,15,25H,4,9-14,23H2;1-2H3. The highest BCUT2D eigenvalue weighted by Crippen LogP contribution is 2.22. The van der Waals surface area contributed by atoms with Crippen LogP contribution in [0, 0.1) is 0 Å². The van der Waals surface area contributed by atoms with Gasteiger partial charge in [0.2, 0.25) is 11.6 Å². The SMILES string of the molecule is CC.NC1=C(NCCCN2CCN(c3cccnc3)CC2)C(=O)c2ccccc2C1=O. The van der Waals surface area contributed by atoms with Crippen molar-refractivity contribution in [2.45, 2.75) is 20.3 Å². The molecule has 0 bridgehead atoms. The number of anilines is 1. The van der Waals surface area contributed by atoms with E-state index >= 15 is 0 Å². The molecule has 0 amide bonds. The lowest BCUT2D eigenvalue weighted by molar-refractivity contribution is 0.0967. The van der Waals surface area contributed by atoms with Gasteiger partial charge in [-0.05, 0) is 25.1 Å². The van der Waals surface area contributed by atoms with Crippen LogP contribution in [0.15, 0.2) is 60.2 Å². The molecule has 31 heavy (non-hydrogen) atoms. The number of allylic oxidation sites excluding steroid dienone is 2. The third-order valence-electron chi connectivity index (χ3n) is 5.49. The number of hydrogen-bond donors (Lipinski definition) is 2. The molecule has 2 aliphatic rings. The second-order valence-corrected chi connectivity index (χ2v) is 7.31. The molecule has 2 heterocycles. The summed E-state index contributed by atoms with van der Waals surface area (Å²) in [5, 5.41) is 3.11. The minimum Gasteiger partial charge on any atom is -0.394 e. The van der Waals surface area contributed by atoms with Gasteiger partial charge in [0.05, 0.1) is 11.9 Å². The zero-order chi connectivity index (χ0) is 22.2. The number of aromatic nitrogens is 1. The van der Waals surface area contributed by atoms with Crippen molar-refractivity contribution in [3.63, 3.8) is 0 Å².